The SMILES string of the molecule is CN(C)Cc1cc(C(=O)N[C@@H]2CC(Cn3ccnc3)C[C@H]2O)no1. The minimum Gasteiger partial charge on any atom is -0.391 e. The van der Waals surface area contributed by atoms with E-state index in [2.05, 4.69) is 15.5 Å². The number of nitrogens with one attached hydrogen (secondary N) is 1. The van der Waals surface area contributed by atoms with E-state index in [1.165, 1.54) is 0 Å². The van der Waals surface area contributed by atoms with Crippen molar-refractivity contribution < 1.29 is 14.4 Å². The predicted molar refractivity (Wildman–Crippen MR) is 86.1 cm³/mol. The topological polar surface area (TPSA) is 96.4 Å². The van der Waals surface area contributed by atoms with Crippen LogP contribution in [-0.4, -0.2) is 56.9 Å². The van der Waals surface area contributed by atoms with Crippen molar-refractivity contribution in [2.45, 2.75) is 38.1 Å². The molecule has 0 aliphatic heterocycles. The van der Waals surface area contributed by atoms with Crippen molar-refractivity contribution >= 4 is 5.91 Å². The zero-order chi connectivity index (χ0) is 17.1. The summed E-state index contributed by atoms with van der Waals surface area (Å²) in [6, 6.07) is 1.37. The summed E-state index contributed by atoms with van der Waals surface area (Å²) in [6.07, 6.45) is 6.25. The smallest absolute Gasteiger partial charge is 0.273 e. The van der Waals surface area contributed by atoms with E-state index in [1.54, 1.807) is 18.6 Å². The monoisotopic (exact) mass is 333 g/mol. The van der Waals surface area contributed by atoms with Crippen molar-refractivity contribution in [3.8, 4) is 0 Å². The van der Waals surface area contributed by atoms with E-state index in [9.17, 15) is 9.90 Å². The van der Waals surface area contributed by atoms with Crippen LogP contribution in [0, 0.1) is 5.92 Å². The Morgan fingerprint density at radius 3 is 3.04 bits per heavy atom. The standard InChI is InChI=1S/C16H23N5O3/c1-20(2)9-12-7-14(19-24-12)16(23)18-13-5-11(6-15(13)22)8-21-4-3-17-10-21/h3-4,7,10-11,13,15,22H,5-6,8-9H2,1-2H3,(H,18,23)/t11?,13-,15-/m1/s1. The van der Waals surface area contributed by atoms with Crippen LogP contribution in [0.15, 0.2) is 29.3 Å². The van der Waals surface area contributed by atoms with E-state index >= 15 is 0 Å². The first kappa shape index (κ1) is 16.7. The van der Waals surface area contributed by atoms with E-state index in [0.29, 0.717) is 24.6 Å². The molecule has 1 unspecified atom stereocenters. The molecule has 1 aliphatic rings. The lowest BCUT2D eigenvalue weighted by atomic mass is 10.1. The van der Waals surface area contributed by atoms with Crippen LogP contribution in [0.2, 0.25) is 0 Å². The second-order valence-electron chi connectivity index (χ2n) is 6.66. The second kappa shape index (κ2) is 7.14. The Morgan fingerprint density at radius 1 is 1.50 bits per heavy atom. The molecule has 24 heavy (non-hydrogen) atoms. The van der Waals surface area contributed by atoms with Crippen molar-refractivity contribution in [3.63, 3.8) is 0 Å². The highest BCUT2D eigenvalue weighted by Gasteiger charge is 2.34. The Morgan fingerprint density at radius 2 is 2.33 bits per heavy atom. The third-order valence-corrected chi connectivity index (χ3v) is 4.23. The number of imidazole rings is 1. The van der Waals surface area contributed by atoms with Gasteiger partial charge in [-0.1, -0.05) is 5.16 Å². The number of aliphatic hydroxyl groups excluding tert-OH is 1. The van der Waals surface area contributed by atoms with E-state index < -0.39 is 6.10 Å². The highest BCUT2D eigenvalue weighted by atomic mass is 16.5. The van der Waals surface area contributed by atoms with Gasteiger partial charge in [-0.05, 0) is 32.9 Å². The van der Waals surface area contributed by atoms with E-state index in [-0.39, 0.29) is 17.6 Å². The number of carbonyl (C=O) groups excluding carboxylic acids is 1. The Hall–Kier alpha value is -2.19. The van der Waals surface area contributed by atoms with Gasteiger partial charge in [0.25, 0.3) is 5.91 Å². The number of amides is 1. The van der Waals surface area contributed by atoms with Crippen LogP contribution in [0.4, 0.5) is 0 Å². The van der Waals surface area contributed by atoms with Gasteiger partial charge in [-0.3, -0.25) is 4.79 Å². The summed E-state index contributed by atoms with van der Waals surface area (Å²) in [4.78, 5) is 18.3. The molecule has 0 bridgehead atoms. The average Bonchev–Trinajstić information content (AvgIpc) is 3.22. The Labute approximate surface area is 140 Å². The molecule has 2 aromatic heterocycles. The molecule has 2 aromatic rings. The molecular formula is C16H23N5O3. The van der Waals surface area contributed by atoms with Gasteiger partial charge < -0.3 is 24.4 Å². The molecule has 0 saturated heterocycles. The van der Waals surface area contributed by atoms with Crippen molar-refractivity contribution in [1.82, 2.24) is 24.9 Å². The molecule has 2 heterocycles. The van der Waals surface area contributed by atoms with Gasteiger partial charge in [0.05, 0.1) is 25.0 Å². The molecule has 1 fully saturated rings. The molecule has 0 radical (unpaired) electrons. The summed E-state index contributed by atoms with van der Waals surface area (Å²) in [5, 5.41) is 16.9. The minimum atomic E-state index is -0.546. The van der Waals surface area contributed by atoms with Crippen LogP contribution in [0.25, 0.3) is 0 Å². The average molecular weight is 333 g/mol. The van der Waals surface area contributed by atoms with Gasteiger partial charge in [-0.25, -0.2) is 4.98 Å². The Bertz CT molecular complexity index is 667. The van der Waals surface area contributed by atoms with E-state index in [1.807, 2.05) is 29.8 Å². The lowest BCUT2D eigenvalue weighted by Crippen LogP contribution is -2.40. The number of aliphatic hydroxyl groups is 1. The maximum absolute atomic E-state index is 12.3. The number of nitrogens with zero attached hydrogens (tertiary/aromatic N) is 4. The summed E-state index contributed by atoms with van der Waals surface area (Å²) in [5.41, 5.74) is 0.247. The van der Waals surface area contributed by atoms with Crippen LogP contribution in [0.1, 0.15) is 29.1 Å². The van der Waals surface area contributed by atoms with Gasteiger partial charge in [0.15, 0.2) is 11.5 Å². The summed E-state index contributed by atoms with van der Waals surface area (Å²) >= 11 is 0. The molecule has 8 nitrogen and oxygen atoms in total. The van der Waals surface area contributed by atoms with E-state index in [4.69, 9.17) is 4.52 Å². The molecule has 0 spiro atoms. The molecule has 3 atom stereocenters. The van der Waals surface area contributed by atoms with Crippen LogP contribution >= 0.6 is 0 Å². The highest BCUT2D eigenvalue weighted by molar-refractivity contribution is 5.92. The lowest BCUT2D eigenvalue weighted by Gasteiger charge is -2.15. The highest BCUT2D eigenvalue weighted by Crippen LogP contribution is 2.27. The van der Waals surface area contributed by atoms with Gasteiger partial charge in [-0.2, -0.15) is 0 Å². The fourth-order valence-corrected chi connectivity index (χ4v) is 3.16. The minimum absolute atomic E-state index is 0.247. The third-order valence-electron chi connectivity index (χ3n) is 4.23. The molecular weight excluding hydrogens is 310 g/mol. The van der Waals surface area contributed by atoms with Crippen LogP contribution in [-0.2, 0) is 13.1 Å². The molecule has 8 heteroatoms. The fourth-order valence-electron chi connectivity index (χ4n) is 3.16. The molecule has 0 aromatic carbocycles. The van der Waals surface area contributed by atoms with E-state index in [0.717, 1.165) is 13.0 Å². The number of carbonyl (C=O) groups is 1. The van der Waals surface area contributed by atoms with Gasteiger partial charge in [0.2, 0.25) is 0 Å². The quantitative estimate of drug-likeness (QED) is 0.799. The maximum Gasteiger partial charge on any atom is 0.273 e. The third kappa shape index (κ3) is 4.01. The Kier molecular flexibility index (Phi) is 4.96. The Balaban J connectivity index is 1.55. The van der Waals surface area contributed by atoms with Crippen LogP contribution in [0.5, 0.6) is 0 Å². The van der Waals surface area contributed by atoms with Gasteiger partial charge >= 0.3 is 0 Å². The summed E-state index contributed by atoms with van der Waals surface area (Å²) in [5.74, 6) is 0.632. The molecule has 1 amide bonds. The first-order chi connectivity index (χ1) is 11.5. The van der Waals surface area contributed by atoms with Gasteiger partial charge in [0, 0.05) is 25.0 Å². The van der Waals surface area contributed by atoms with Crippen molar-refractivity contribution in [2.24, 2.45) is 5.92 Å². The summed E-state index contributed by atoms with van der Waals surface area (Å²) in [7, 11) is 3.83. The lowest BCUT2D eigenvalue weighted by molar-refractivity contribution is 0.0864. The summed E-state index contributed by atoms with van der Waals surface area (Å²) < 4.78 is 7.15. The summed E-state index contributed by atoms with van der Waals surface area (Å²) in [6.45, 7) is 1.37. The zero-order valence-corrected chi connectivity index (χ0v) is 13.9. The molecule has 2 N–H and O–H groups in total. The molecule has 1 saturated carbocycles. The predicted octanol–water partition coefficient (Wildman–Crippen LogP) is 0.502. The largest absolute Gasteiger partial charge is 0.391 e. The maximum atomic E-state index is 12.3. The first-order valence-electron chi connectivity index (χ1n) is 8.06. The normalized spacial score (nSPS) is 23.8. The number of hydrogen-bond donors (Lipinski definition) is 2. The van der Waals surface area contributed by atoms with Crippen molar-refractivity contribution in [3.05, 3.63) is 36.2 Å². The first-order valence-corrected chi connectivity index (χ1v) is 8.06. The number of aromatic nitrogens is 3. The molecule has 1 aliphatic carbocycles. The number of hydrogen-bond acceptors (Lipinski definition) is 6. The van der Waals surface area contributed by atoms with Crippen molar-refractivity contribution in [2.75, 3.05) is 14.1 Å². The van der Waals surface area contributed by atoms with Gasteiger partial charge in [0.1, 0.15) is 0 Å². The fraction of sp³-hybridized carbons (Fsp3) is 0.562. The van der Waals surface area contributed by atoms with Crippen LogP contribution < -0.4 is 5.32 Å². The zero-order valence-electron chi connectivity index (χ0n) is 13.9. The number of rotatable bonds is 6. The molecule has 3 rings (SSSR count). The molecule has 130 valence electrons. The van der Waals surface area contributed by atoms with Gasteiger partial charge in [-0.15, -0.1) is 0 Å². The van der Waals surface area contributed by atoms with Crippen LogP contribution in [0.3, 0.4) is 0 Å². The second-order valence-corrected chi connectivity index (χ2v) is 6.66. The van der Waals surface area contributed by atoms with Crippen molar-refractivity contribution in [1.29, 1.82) is 0 Å².